The molecule has 2 rings (SSSR count). The lowest BCUT2D eigenvalue weighted by Crippen LogP contribution is -2.50. The molecule has 0 fully saturated rings. The van der Waals surface area contributed by atoms with Crippen LogP contribution >= 0.6 is 0 Å². The van der Waals surface area contributed by atoms with Gasteiger partial charge in [0.25, 0.3) is 0 Å². The average molecular weight is 260 g/mol. The number of hydrogen-bond acceptors (Lipinski definition) is 5. The molecule has 1 aromatic carbocycles. The molecule has 0 spiro atoms. The first kappa shape index (κ1) is 13.3. The van der Waals surface area contributed by atoms with Gasteiger partial charge in [0.1, 0.15) is 17.9 Å². The summed E-state index contributed by atoms with van der Waals surface area (Å²) in [5, 5.41) is 0.880. The molecule has 0 aliphatic heterocycles. The SMILES string of the molecule is COC(=O)C(C)(N)COc1cccc2ncccc12. The Labute approximate surface area is 111 Å². The van der Waals surface area contributed by atoms with E-state index in [0.717, 1.165) is 10.9 Å². The third-order valence-electron chi connectivity index (χ3n) is 2.78. The van der Waals surface area contributed by atoms with Gasteiger partial charge in [-0.05, 0) is 31.2 Å². The molecular formula is C14H16N2O3. The van der Waals surface area contributed by atoms with Gasteiger partial charge < -0.3 is 15.2 Å². The summed E-state index contributed by atoms with van der Waals surface area (Å²) in [4.78, 5) is 15.7. The molecule has 0 bridgehead atoms. The van der Waals surface area contributed by atoms with E-state index >= 15 is 0 Å². The first-order valence-electron chi connectivity index (χ1n) is 5.88. The van der Waals surface area contributed by atoms with Gasteiger partial charge in [-0.25, -0.2) is 4.79 Å². The highest BCUT2D eigenvalue weighted by atomic mass is 16.5. The molecule has 19 heavy (non-hydrogen) atoms. The van der Waals surface area contributed by atoms with Gasteiger partial charge in [0, 0.05) is 11.6 Å². The van der Waals surface area contributed by atoms with Crippen LogP contribution in [0, 0.1) is 0 Å². The molecule has 100 valence electrons. The summed E-state index contributed by atoms with van der Waals surface area (Å²) in [6.07, 6.45) is 1.72. The van der Waals surface area contributed by atoms with Gasteiger partial charge >= 0.3 is 5.97 Å². The normalized spacial score (nSPS) is 13.8. The minimum atomic E-state index is -1.18. The Kier molecular flexibility index (Phi) is 3.66. The summed E-state index contributed by atoms with van der Waals surface area (Å²) in [5.41, 5.74) is 5.50. The van der Waals surface area contributed by atoms with Crippen LogP contribution in [0.3, 0.4) is 0 Å². The number of carbonyl (C=O) groups is 1. The van der Waals surface area contributed by atoms with Crippen molar-refractivity contribution >= 4 is 16.9 Å². The number of benzene rings is 1. The van der Waals surface area contributed by atoms with E-state index in [1.165, 1.54) is 7.11 Å². The molecule has 5 heteroatoms. The smallest absolute Gasteiger partial charge is 0.329 e. The van der Waals surface area contributed by atoms with Crippen LogP contribution in [0.1, 0.15) is 6.92 Å². The maximum Gasteiger partial charge on any atom is 0.329 e. The number of carbonyl (C=O) groups excluding carboxylic acids is 1. The Hall–Kier alpha value is -2.14. The second kappa shape index (κ2) is 5.24. The van der Waals surface area contributed by atoms with Crippen LogP contribution in [0.5, 0.6) is 5.75 Å². The predicted octanol–water partition coefficient (Wildman–Crippen LogP) is 1.50. The predicted molar refractivity (Wildman–Crippen MR) is 71.8 cm³/mol. The lowest BCUT2D eigenvalue weighted by Gasteiger charge is -2.22. The highest BCUT2D eigenvalue weighted by Gasteiger charge is 2.30. The third kappa shape index (κ3) is 2.82. The standard InChI is InChI=1S/C14H16N2O3/c1-14(15,13(17)18-2)9-19-12-7-3-6-11-10(12)5-4-8-16-11/h3-8H,9,15H2,1-2H3. The lowest BCUT2D eigenvalue weighted by molar-refractivity contribution is -0.147. The van der Waals surface area contributed by atoms with Crippen LogP contribution in [0.2, 0.25) is 0 Å². The molecular weight excluding hydrogens is 244 g/mol. The van der Waals surface area contributed by atoms with Crippen molar-refractivity contribution in [2.24, 2.45) is 5.73 Å². The van der Waals surface area contributed by atoms with Crippen LogP contribution in [-0.2, 0) is 9.53 Å². The van der Waals surface area contributed by atoms with Gasteiger partial charge in [0.05, 0.1) is 12.6 Å². The Balaban J connectivity index is 2.21. The number of methoxy groups -OCH3 is 1. The Morgan fingerprint density at radius 1 is 1.37 bits per heavy atom. The quantitative estimate of drug-likeness (QED) is 0.843. The fourth-order valence-electron chi connectivity index (χ4n) is 1.72. The highest BCUT2D eigenvalue weighted by Crippen LogP contribution is 2.24. The molecule has 0 amide bonds. The van der Waals surface area contributed by atoms with Gasteiger partial charge in [-0.3, -0.25) is 4.98 Å². The van der Waals surface area contributed by atoms with E-state index in [4.69, 9.17) is 10.5 Å². The molecule has 1 aromatic heterocycles. The molecule has 2 aromatic rings. The van der Waals surface area contributed by atoms with Crippen molar-refractivity contribution in [3.63, 3.8) is 0 Å². The van der Waals surface area contributed by atoms with Gasteiger partial charge in [-0.2, -0.15) is 0 Å². The van der Waals surface area contributed by atoms with Crippen LogP contribution in [0.15, 0.2) is 36.5 Å². The first-order chi connectivity index (χ1) is 9.04. The van der Waals surface area contributed by atoms with Crippen molar-refractivity contribution < 1.29 is 14.3 Å². The maximum absolute atomic E-state index is 11.5. The van der Waals surface area contributed by atoms with Gasteiger partial charge in [-0.15, -0.1) is 0 Å². The van der Waals surface area contributed by atoms with Crippen molar-refractivity contribution in [3.05, 3.63) is 36.5 Å². The summed E-state index contributed by atoms with van der Waals surface area (Å²) in [6, 6.07) is 9.29. The molecule has 5 nitrogen and oxygen atoms in total. The largest absolute Gasteiger partial charge is 0.490 e. The second-order valence-corrected chi connectivity index (χ2v) is 4.52. The van der Waals surface area contributed by atoms with Gasteiger partial charge in [-0.1, -0.05) is 6.07 Å². The fraction of sp³-hybridized carbons (Fsp3) is 0.286. The highest BCUT2D eigenvalue weighted by molar-refractivity contribution is 5.85. The van der Waals surface area contributed by atoms with Crippen LogP contribution in [0.25, 0.3) is 10.9 Å². The lowest BCUT2D eigenvalue weighted by atomic mass is 10.1. The number of esters is 1. The van der Waals surface area contributed by atoms with Crippen LogP contribution in [-0.4, -0.2) is 30.2 Å². The molecule has 2 N–H and O–H groups in total. The number of nitrogens with zero attached hydrogens (tertiary/aromatic N) is 1. The molecule has 0 aliphatic carbocycles. The van der Waals surface area contributed by atoms with Crippen molar-refractivity contribution in [2.75, 3.05) is 13.7 Å². The van der Waals surface area contributed by atoms with E-state index in [1.807, 2.05) is 30.3 Å². The first-order valence-corrected chi connectivity index (χ1v) is 5.88. The monoisotopic (exact) mass is 260 g/mol. The maximum atomic E-state index is 11.5. The van der Waals surface area contributed by atoms with Gasteiger partial charge in [0.15, 0.2) is 0 Å². The van der Waals surface area contributed by atoms with Crippen molar-refractivity contribution in [3.8, 4) is 5.75 Å². The number of hydrogen-bond donors (Lipinski definition) is 1. The molecule has 1 unspecified atom stereocenters. The van der Waals surface area contributed by atoms with E-state index in [-0.39, 0.29) is 6.61 Å². The zero-order valence-electron chi connectivity index (χ0n) is 10.9. The molecule has 1 heterocycles. The molecule has 0 radical (unpaired) electrons. The fourth-order valence-corrected chi connectivity index (χ4v) is 1.72. The van der Waals surface area contributed by atoms with Crippen LogP contribution < -0.4 is 10.5 Å². The number of aromatic nitrogens is 1. The molecule has 0 saturated heterocycles. The van der Waals surface area contributed by atoms with Crippen LogP contribution in [0.4, 0.5) is 0 Å². The Bertz CT molecular complexity index is 591. The summed E-state index contributed by atoms with van der Waals surface area (Å²) < 4.78 is 10.3. The summed E-state index contributed by atoms with van der Waals surface area (Å²) in [7, 11) is 1.30. The Morgan fingerprint density at radius 2 is 2.16 bits per heavy atom. The van der Waals surface area contributed by atoms with E-state index in [9.17, 15) is 4.79 Å². The molecule has 1 atom stereocenters. The van der Waals surface area contributed by atoms with Crippen molar-refractivity contribution in [2.45, 2.75) is 12.5 Å². The Morgan fingerprint density at radius 3 is 2.89 bits per heavy atom. The van der Waals surface area contributed by atoms with E-state index in [0.29, 0.717) is 5.75 Å². The van der Waals surface area contributed by atoms with Gasteiger partial charge in [0.2, 0.25) is 0 Å². The zero-order chi connectivity index (χ0) is 13.9. The van der Waals surface area contributed by atoms with E-state index in [1.54, 1.807) is 13.1 Å². The summed E-state index contributed by atoms with van der Waals surface area (Å²) >= 11 is 0. The number of fused-ring (bicyclic) bond motifs is 1. The molecule has 0 saturated carbocycles. The number of pyridine rings is 1. The number of ether oxygens (including phenoxy) is 2. The number of rotatable bonds is 4. The average Bonchev–Trinajstić information content (AvgIpc) is 2.44. The third-order valence-corrected chi connectivity index (χ3v) is 2.78. The summed E-state index contributed by atoms with van der Waals surface area (Å²) in [5.74, 6) is 0.136. The summed E-state index contributed by atoms with van der Waals surface area (Å²) in [6.45, 7) is 1.61. The minimum Gasteiger partial charge on any atom is -0.490 e. The van der Waals surface area contributed by atoms with E-state index < -0.39 is 11.5 Å². The minimum absolute atomic E-state index is 0.0354. The van der Waals surface area contributed by atoms with Crippen molar-refractivity contribution in [1.82, 2.24) is 4.98 Å². The molecule has 0 aliphatic rings. The zero-order valence-corrected chi connectivity index (χ0v) is 10.9. The number of nitrogens with two attached hydrogens (primary N) is 1. The topological polar surface area (TPSA) is 74.4 Å². The second-order valence-electron chi connectivity index (χ2n) is 4.52. The van der Waals surface area contributed by atoms with Crippen molar-refractivity contribution in [1.29, 1.82) is 0 Å². The van der Waals surface area contributed by atoms with E-state index in [2.05, 4.69) is 9.72 Å².